The van der Waals surface area contributed by atoms with Crippen molar-refractivity contribution in [2.24, 2.45) is 12.1 Å². The maximum atomic E-state index is 12.7. The van der Waals surface area contributed by atoms with Crippen LogP contribution in [0.25, 0.3) is 0 Å². The van der Waals surface area contributed by atoms with Crippen molar-refractivity contribution in [3.8, 4) is 0 Å². The van der Waals surface area contributed by atoms with Gasteiger partial charge in [0.2, 0.25) is 10.0 Å². The maximum Gasteiger partial charge on any atom is 0.295 e. The minimum Gasteiger partial charge on any atom is -0.350 e. The SMILES string of the molecule is Cn1cccc1/C=N\NC(=O)C[NH+]1CCN(S(=O)(=O)c2ccc(Br)cc2)CC1. The second-order valence-corrected chi connectivity index (χ2v) is 9.48. The first kappa shape index (κ1) is 20.7. The zero-order valence-corrected chi connectivity index (χ0v) is 17.9. The molecule has 2 aromatic rings. The molecule has 1 aliphatic rings. The zero-order valence-electron chi connectivity index (χ0n) is 15.5. The highest BCUT2D eigenvalue weighted by molar-refractivity contribution is 9.10. The Kier molecular flexibility index (Phi) is 6.65. The topological polar surface area (TPSA) is 88.2 Å². The molecule has 1 aliphatic heterocycles. The van der Waals surface area contributed by atoms with Crippen molar-refractivity contribution >= 4 is 38.1 Å². The molecule has 1 fully saturated rings. The average molecular weight is 469 g/mol. The molecule has 1 amide bonds. The van der Waals surface area contributed by atoms with Crippen molar-refractivity contribution in [2.75, 3.05) is 32.7 Å². The number of aryl methyl sites for hydroxylation is 1. The molecule has 2 heterocycles. The lowest BCUT2D eigenvalue weighted by Gasteiger charge is -2.31. The summed E-state index contributed by atoms with van der Waals surface area (Å²) in [5.74, 6) is -0.190. The van der Waals surface area contributed by atoms with Crippen LogP contribution < -0.4 is 10.3 Å². The van der Waals surface area contributed by atoms with Gasteiger partial charge in [-0.05, 0) is 36.4 Å². The monoisotopic (exact) mass is 468 g/mol. The summed E-state index contributed by atoms with van der Waals surface area (Å²) < 4.78 is 29.6. The van der Waals surface area contributed by atoms with E-state index in [1.807, 2.05) is 29.9 Å². The molecule has 2 N–H and O–H groups in total. The van der Waals surface area contributed by atoms with Gasteiger partial charge < -0.3 is 9.47 Å². The molecule has 150 valence electrons. The van der Waals surface area contributed by atoms with Crippen molar-refractivity contribution in [3.05, 3.63) is 52.8 Å². The number of carbonyl (C=O) groups is 1. The van der Waals surface area contributed by atoms with Crippen LogP contribution in [0.4, 0.5) is 0 Å². The van der Waals surface area contributed by atoms with Gasteiger partial charge in [0, 0.05) is 17.7 Å². The fourth-order valence-electron chi connectivity index (χ4n) is 3.02. The molecule has 10 heteroatoms. The highest BCUT2D eigenvalue weighted by Gasteiger charge is 2.31. The molecular formula is C18H23BrN5O3S+. The van der Waals surface area contributed by atoms with Gasteiger partial charge in [-0.25, -0.2) is 13.8 Å². The zero-order chi connectivity index (χ0) is 20.1. The van der Waals surface area contributed by atoms with E-state index in [1.165, 1.54) is 4.31 Å². The molecule has 28 heavy (non-hydrogen) atoms. The van der Waals surface area contributed by atoms with Crippen LogP contribution >= 0.6 is 15.9 Å². The van der Waals surface area contributed by atoms with E-state index in [2.05, 4.69) is 26.5 Å². The Labute approximate surface area is 173 Å². The van der Waals surface area contributed by atoms with E-state index in [0.29, 0.717) is 26.2 Å². The number of benzene rings is 1. The molecule has 0 spiro atoms. The number of aromatic nitrogens is 1. The number of sulfonamides is 1. The van der Waals surface area contributed by atoms with Crippen molar-refractivity contribution in [1.29, 1.82) is 0 Å². The fraction of sp³-hybridized carbons (Fsp3) is 0.333. The predicted octanol–water partition coefficient (Wildman–Crippen LogP) is -0.173. The van der Waals surface area contributed by atoms with Crippen LogP contribution in [0, 0.1) is 0 Å². The van der Waals surface area contributed by atoms with E-state index in [0.717, 1.165) is 15.1 Å². The Balaban J connectivity index is 1.48. The van der Waals surface area contributed by atoms with Crippen LogP contribution in [0.3, 0.4) is 0 Å². The lowest BCUT2D eigenvalue weighted by atomic mass is 10.3. The summed E-state index contributed by atoms with van der Waals surface area (Å²) in [4.78, 5) is 13.4. The molecule has 0 atom stereocenters. The molecule has 1 aromatic carbocycles. The summed E-state index contributed by atoms with van der Waals surface area (Å²) in [7, 11) is -1.60. The molecule has 8 nitrogen and oxygen atoms in total. The summed E-state index contributed by atoms with van der Waals surface area (Å²) in [6.07, 6.45) is 3.49. The van der Waals surface area contributed by atoms with Gasteiger partial charge in [0.15, 0.2) is 6.54 Å². The highest BCUT2D eigenvalue weighted by Crippen LogP contribution is 2.18. The van der Waals surface area contributed by atoms with Crippen LogP contribution in [0.2, 0.25) is 0 Å². The first-order valence-corrected chi connectivity index (χ1v) is 11.1. The van der Waals surface area contributed by atoms with Crippen LogP contribution in [-0.2, 0) is 21.9 Å². The van der Waals surface area contributed by atoms with Crippen molar-refractivity contribution in [2.45, 2.75) is 4.90 Å². The van der Waals surface area contributed by atoms with Gasteiger partial charge in [0.25, 0.3) is 5.91 Å². The predicted molar refractivity (Wildman–Crippen MR) is 110 cm³/mol. The Hall–Kier alpha value is -2.01. The van der Waals surface area contributed by atoms with Gasteiger partial charge in [-0.3, -0.25) is 4.79 Å². The number of hydrogen-bond acceptors (Lipinski definition) is 4. The molecule has 0 radical (unpaired) electrons. The van der Waals surface area contributed by atoms with E-state index in [1.54, 1.807) is 30.5 Å². The highest BCUT2D eigenvalue weighted by atomic mass is 79.9. The summed E-state index contributed by atoms with van der Waals surface area (Å²) in [5.41, 5.74) is 3.42. The molecule has 0 aliphatic carbocycles. The van der Waals surface area contributed by atoms with E-state index >= 15 is 0 Å². The second-order valence-electron chi connectivity index (χ2n) is 6.62. The van der Waals surface area contributed by atoms with Crippen molar-refractivity contribution in [1.82, 2.24) is 14.3 Å². The number of quaternary nitrogens is 1. The third-order valence-electron chi connectivity index (χ3n) is 4.66. The number of hydrogen-bond donors (Lipinski definition) is 2. The van der Waals surface area contributed by atoms with E-state index in [-0.39, 0.29) is 17.3 Å². The molecule has 3 rings (SSSR count). The van der Waals surface area contributed by atoms with E-state index < -0.39 is 10.0 Å². The Bertz CT molecular complexity index is 948. The molecule has 1 saturated heterocycles. The van der Waals surface area contributed by atoms with Crippen molar-refractivity contribution in [3.63, 3.8) is 0 Å². The van der Waals surface area contributed by atoms with E-state index in [4.69, 9.17) is 0 Å². The first-order chi connectivity index (χ1) is 13.4. The number of hydrazone groups is 1. The Morgan fingerprint density at radius 1 is 1.25 bits per heavy atom. The third-order valence-corrected chi connectivity index (χ3v) is 7.10. The number of amides is 1. The third kappa shape index (κ3) is 5.07. The molecule has 0 unspecified atom stereocenters. The summed E-state index contributed by atoms with van der Waals surface area (Å²) >= 11 is 3.31. The maximum absolute atomic E-state index is 12.7. The average Bonchev–Trinajstić information content (AvgIpc) is 3.07. The summed E-state index contributed by atoms with van der Waals surface area (Å²) in [5, 5.41) is 3.97. The van der Waals surface area contributed by atoms with Crippen LogP contribution in [0.5, 0.6) is 0 Å². The largest absolute Gasteiger partial charge is 0.350 e. The van der Waals surface area contributed by atoms with Gasteiger partial charge in [0.05, 0.1) is 43.0 Å². The van der Waals surface area contributed by atoms with Crippen LogP contribution in [0.15, 0.2) is 57.1 Å². The second kappa shape index (κ2) is 8.99. The standard InChI is InChI=1S/C18H22BrN5O3S/c1-22-8-2-3-16(22)13-20-21-18(25)14-23-9-11-24(12-10-23)28(26,27)17-6-4-15(19)5-7-17/h2-8,13H,9-12,14H2,1H3,(H,21,25)/p+1/b20-13-. The Morgan fingerprint density at radius 2 is 1.93 bits per heavy atom. The molecule has 0 bridgehead atoms. The smallest absolute Gasteiger partial charge is 0.295 e. The number of carbonyl (C=O) groups excluding carboxylic acids is 1. The molecule has 0 saturated carbocycles. The van der Waals surface area contributed by atoms with Gasteiger partial charge in [-0.1, -0.05) is 15.9 Å². The minimum atomic E-state index is -3.50. The fourth-order valence-corrected chi connectivity index (χ4v) is 4.73. The quantitative estimate of drug-likeness (QED) is 0.455. The van der Waals surface area contributed by atoms with E-state index in [9.17, 15) is 13.2 Å². The van der Waals surface area contributed by atoms with Crippen LogP contribution in [0.1, 0.15) is 5.69 Å². The molecular weight excluding hydrogens is 446 g/mol. The number of piperazine rings is 1. The van der Waals surface area contributed by atoms with Gasteiger partial charge >= 0.3 is 0 Å². The number of nitrogens with one attached hydrogen (secondary N) is 2. The van der Waals surface area contributed by atoms with Gasteiger partial charge in [0.1, 0.15) is 0 Å². The lowest BCUT2D eigenvalue weighted by molar-refractivity contribution is -0.895. The number of rotatable bonds is 6. The normalized spacial score (nSPS) is 16.5. The molecule has 1 aromatic heterocycles. The van der Waals surface area contributed by atoms with Gasteiger partial charge in [-0.2, -0.15) is 9.41 Å². The van der Waals surface area contributed by atoms with Crippen LogP contribution in [-0.4, -0.2) is 62.1 Å². The Morgan fingerprint density at radius 3 is 2.54 bits per heavy atom. The van der Waals surface area contributed by atoms with Gasteiger partial charge in [-0.15, -0.1) is 0 Å². The number of halogens is 1. The minimum absolute atomic E-state index is 0.190. The number of nitrogens with zero attached hydrogens (tertiary/aromatic N) is 3. The summed E-state index contributed by atoms with van der Waals surface area (Å²) in [6, 6.07) is 10.4. The lowest BCUT2D eigenvalue weighted by Crippen LogP contribution is -3.15. The van der Waals surface area contributed by atoms with Crippen molar-refractivity contribution < 1.29 is 18.1 Å². The summed E-state index contributed by atoms with van der Waals surface area (Å²) in [6.45, 7) is 2.17. The first-order valence-electron chi connectivity index (χ1n) is 8.89.